The maximum absolute atomic E-state index is 12.3. The van der Waals surface area contributed by atoms with Crippen molar-refractivity contribution in [1.29, 1.82) is 0 Å². The van der Waals surface area contributed by atoms with Crippen molar-refractivity contribution >= 4 is 28.8 Å². The standard InChI is InChI=1S/C18H18ClN3O2S/c1-13(10-22-8-4-7-20-22)21-18(23)17-9-14(12-25-17)11-24-16-6-3-2-5-15(16)19/h2-9,12-13H,10-11H2,1H3,(H,21,23). The number of benzene rings is 1. The van der Waals surface area contributed by atoms with Crippen molar-refractivity contribution in [2.75, 3.05) is 0 Å². The molecule has 0 saturated heterocycles. The van der Waals surface area contributed by atoms with Gasteiger partial charge in [0.25, 0.3) is 5.91 Å². The van der Waals surface area contributed by atoms with Crippen molar-refractivity contribution in [1.82, 2.24) is 15.1 Å². The van der Waals surface area contributed by atoms with E-state index in [1.807, 2.05) is 48.8 Å². The molecular weight excluding hydrogens is 358 g/mol. The summed E-state index contributed by atoms with van der Waals surface area (Å²) in [6.07, 6.45) is 3.59. The van der Waals surface area contributed by atoms with Gasteiger partial charge in [0, 0.05) is 24.0 Å². The van der Waals surface area contributed by atoms with E-state index in [9.17, 15) is 4.79 Å². The fourth-order valence-corrected chi connectivity index (χ4v) is 3.31. The van der Waals surface area contributed by atoms with E-state index in [0.29, 0.717) is 28.8 Å². The molecule has 3 aromatic rings. The van der Waals surface area contributed by atoms with Crippen LogP contribution < -0.4 is 10.1 Å². The van der Waals surface area contributed by atoms with E-state index >= 15 is 0 Å². The Morgan fingerprint density at radius 3 is 3.00 bits per heavy atom. The monoisotopic (exact) mass is 375 g/mol. The molecule has 7 heteroatoms. The van der Waals surface area contributed by atoms with Crippen molar-refractivity contribution < 1.29 is 9.53 Å². The zero-order chi connectivity index (χ0) is 17.6. The molecule has 2 aromatic heterocycles. The number of amides is 1. The summed E-state index contributed by atoms with van der Waals surface area (Å²) in [4.78, 5) is 13.0. The highest BCUT2D eigenvalue weighted by Crippen LogP contribution is 2.25. The molecule has 0 aliphatic rings. The van der Waals surface area contributed by atoms with E-state index in [1.54, 1.807) is 16.9 Å². The molecule has 0 bridgehead atoms. The second kappa shape index (κ2) is 8.18. The third-order valence-electron chi connectivity index (χ3n) is 3.51. The molecule has 130 valence electrons. The summed E-state index contributed by atoms with van der Waals surface area (Å²) in [5.41, 5.74) is 0.940. The van der Waals surface area contributed by atoms with Crippen molar-refractivity contribution in [3.8, 4) is 5.75 Å². The molecule has 2 heterocycles. The number of ether oxygens (including phenoxy) is 1. The molecule has 1 N–H and O–H groups in total. The van der Waals surface area contributed by atoms with Gasteiger partial charge in [-0.2, -0.15) is 5.10 Å². The van der Waals surface area contributed by atoms with E-state index in [0.717, 1.165) is 5.56 Å². The second-order valence-electron chi connectivity index (χ2n) is 5.64. The van der Waals surface area contributed by atoms with Crippen LogP contribution in [0, 0.1) is 0 Å². The summed E-state index contributed by atoms with van der Waals surface area (Å²) >= 11 is 7.47. The van der Waals surface area contributed by atoms with Gasteiger partial charge in [-0.15, -0.1) is 11.3 Å². The van der Waals surface area contributed by atoms with Gasteiger partial charge < -0.3 is 10.1 Å². The van der Waals surface area contributed by atoms with E-state index < -0.39 is 0 Å². The Bertz CT molecular complexity index is 832. The minimum atomic E-state index is -0.0892. The Labute approximate surface area is 155 Å². The predicted octanol–water partition coefficient (Wildman–Crippen LogP) is 4.00. The van der Waals surface area contributed by atoms with Gasteiger partial charge in [0.05, 0.1) is 16.4 Å². The average molecular weight is 376 g/mol. The second-order valence-corrected chi connectivity index (χ2v) is 6.96. The summed E-state index contributed by atoms with van der Waals surface area (Å²) in [6.45, 7) is 2.96. The largest absolute Gasteiger partial charge is 0.487 e. The number of hydrogen-bond acceptors (Lipinski definition) is 4. The van der Waals surface area contributed by atoms with Crippen molar-refractivity contribution in [3.63, 3.8) is 0 Å². The van der Waals surface area contributed by atoms with Gasteiger partial charge in [0.1, 0.15) is 12.4 Å². The normalized spacial score (nSPS) is 11.9. The number of rotatable bonds is 7. The molecule has 1 unspecified atom stereocenters. The maximum Gasteiger partial charge on any atom is 0.261 e. The molecule has 0 fully saturated rings. The van der Waals surface area contributed by atoms with Crippen molar-refractivity contribution in [2.24, 2.45) is 0 Å². The number of thiophene rings is 1. The van der Waals surface area contributed by atoms with Gasteiger partial charge in [0.15, 0.2) is 0 Å². The Morgan fingerprint density at radius 2 is 2.24 bits per heavy atom. The molecule has 0 saturated carbocycles. The smallest absolute Gasteiger partial charge is 0.261 e. The van der Waals surface area contributed by atoms with Gasteiger partial charge in [-0.25, -0.2) is 0 Å². The van der Waals surface area contributed by atoms with Crippen LogP contribution >= 0.6 is 22.9 Å². The highest BCUT2D eigenvalue weighted by molar-refractivity contribution is 7.12. The first-order valence-corrected chi connectivity index (χ1v) is 9.10. The highest BCUT2D eigenvalue weighted by atomic mass is 35.5. The number of nitrogens with one attached hydrogen (secondary N) is 1. The number of nitrogens with zero attached hydrogens (tertiary/aromatic N) is 2. The Morgan fingerprint density at radius 1 is 1.40 bits per heavy atom. The van der Waals surface area contributed by atoms with E-state index in [4.69, 9.17) is 16.3 Å². The first-order chi connectivity index (χ1) is 12.1. The third-order valence-corrected chi connectivity index (χ3v) is 4.80. The molecule has 25 heavy (non-hydrogen) atoms. The Kier molecular flexibility index (Phi) is 5.73. The van der Waals surface area contributed by atoms with Crippen molar-refractivity contribution in [2.45, 2.75) is 26.1 Å². The lowest BCUT2D eigenvalue weighted by Crippen LogP contribution is -2.35. The third kappa shape index (κ3) is 4.84. The molecular formula is C18H18ClN3O2S. The first kappa shape index (κ1) is 17.5. The van der Waals surface area contributed by atoms with E-state index in [2.05, 4.69) is 10.4 Å². The molecule has 1 aromatic carbocycles. The lowest BCUT2D eigenvalue weighted by Gasteiger charge is -2.13. The molecule has 0 aliphatic heterocycles. The number of aromatic nitrogens is 2. The quantitative estimate of drug-likeness (QED) is 0.679. The maximum atomic E-state index is 12.3. The van der Waals surface area contributed by atoms with Gasteiger partial charge in [-0.05, 0) is 36.6 Å². The van der Waals surface area contributed by atoms with Crippen LogP contribution in [0.15, 0.2) is 54.2 Å². The summed E-state index contributed by atoms with van der Waals surface area (Å²) in [6, 6.07) is 11.0. The number of carbonyl (C=O) groups is 1. The van der Waals surface area contributed by atoms with Gasteiger partial charge in [0.2, 0.25) is 0 Å². The molecule has 1 amide bonds. The zero-order valence-corrected chi connectivity index (χ0v) is 15.3. The SMILES string of the molecule is CC(Cn1cccn1)NC(=O)c1cc(COc2ccccc2Cl)cs1. The summed E-state index contributed by atoms with van der Waals surface area (Å²) in [5, 5.41) is 9.61. The molecule has 0 aliphatic carbocycles. The first-order valence-electron chi connectivity index (χ1n) is 7.85. The Balaban J connectivity index is 1.53. The fourth-order valence-electron chi connectivity index (χ4n) is 2.32. The van der Waals surface area contributed by atoms with E-state index in [1.165, 1.54) is 11.3 Å². The average Bonchev–Trinajstić information content (AvgIpc) is 3.25. The lowest BCUT2D eigenvalue weighted by atomic mass is 10.3. The topological polar surface area (TPSA) is 56.2 Å². The van der Waals surface area contributed by atoms with Crippen LogP contribution in [0.25, 0.3) is 0 Å². The van der Waals surface area contributed by atoms with Crippen LogP contribution in [-0.4, -0.2) is 21.7 Å². The Hall–Kier alpha value is -2.31. The van der Waals surface area contributed by atoms with Gasteiger partial charge in [-0.3, -0.25) is 9.48 Å². The summed E-state index contributed by atoms with van der Waals surface area (Å²) < 4.78 is 7.49. The van der Waals surface area contributed by atoms with Crippen LogP contribution in [0.1, 0.15) is 22.2 Å². The van der Waals surface area contributed by atoms with Crippen LogP contribution in [0.4, 0.5) is 0 Å². The van der Waals surface area contributed by atoms with Crippen LogP contribution in [0.3, 0.4) is 0 Å². The van der Waals surface area contributed by atoms with Crippen LogP contribution in [0.5, 0.6) is 5.75 Å². The highest BCUT2D eigenvalue weighted by Gasteiger charge is 2.13. The van der Waals surface area contributed by atoms with Gasteiger partial charge in [-0.1, -0.05) is 23.7 Å². The number of hydrogen-bond donors (Lipinski definition) is 1. The van der Waals surface area contributed by atoms with Crippen molar-refractivity contribution in [3.05, 3.63) is 69.6 Å². The van der Waals surface area contributed by atoms with E-state index in [-0.39, 0.29) is 11.9 Å². The molecule has 5 nitrogen and oxygen atoms in total. The number of halogens is 1. The molecule has 0 radical (unpaired) electrons. The number of para-hydroxylation sites is 1. The minimum absolute atomic E-state index is 0.0164. The van der Waals surface area contributed by atoms with Gasteiger partial charge >= 0.3 is 0 Å². The minimum Gasteiger partial charge on any atom is -0.487 e. The predicted molar refractivity (Wildman–Crippen MR) is 99.3 cm³/mol. The fraction of sp³-hybridized carbons (Fsp3) is 0.222. The summed E-state index contributed by atoms with van der Waals surface area (Å²) in [5.74, 6) is 0.544. The summed E-state index contributed by atoms with van der Waals surface area (Å²) in [7, 11) is 0. The van der Waals surface area contributed by atoms with Crippen LogP contribution in [-0.2, 0) is 13.2 Å². The number of carbonyl (C=O) groups excluding carboxylic acids is 1. The zero-order valence-electron chi connectivity index (χ0n) is 13.7. The molecule has 3 rings (SSSR count). The lowest BCUT2D eigenvalue weighted by molar-refractivity contribution is 0.0940. The van der Waals surface area contributed by atoms with Crippen LogP contribution in [0.2, 0.25) is 5.02 Å². The molecule has 1 atom stereocenters. The molecule has 0 spiro atoms.